The number of halogens is 1. The predicted molar refractivity (Wildman–Crippen MR) is 74.0 cm³/mol. The van der Waals surface area contributed by atoms with Crippen molar-refractivity contribution >= 4 is 17.7 Å². The van der Waals surface area contributed by atoms with E-state index >= 15 is 0 Å². The Morgan fingerprint density at radius 3 is 2.53 bits per heavy atom. The molecule has 0 aliphatic carbocycles. The molecule has 2 heteroatoms. The number of alkyl halides is 1. The maximum atomic E-state index is 5.61. The van der Waals surface area contributed by atoms with Gasteiger partial charge in [0.25, 0.3) is 0 Å². The van der Waals surface area contributed by atoms with Crippen LogP contribution < -0.4 is 0 Å². The number of nitrogens with zero attached hydrogens (tertiary/aromatic N) is 1. The summed E-state index contributed by atoms with van der Waals surface area (Å²) in [5.41, 5.74) is 3.33. The van der Waals surface area contributed by atoms with Crippen molar-refractivity contribution in [3.05, 3.63) is 60.3 Å². The van der Waals surface area contributed by atoms with Crippen LogP contribution in [0.1, 0.15) is 12.0 Å². The molecule has 0 saturated heterocycles. The molecule has 0 atom stereocenters. The van der Waals surface area contributed by atoms with Crippen LogP contribution in [0.4, 0.5) is 0 Å². The molecular weight excluding hydrogens is 230 g/mol. The van der Waals surface area contributed by atoms with Crippen molar-refractivity contribution < 1.29 is 0 Å². The second-order valence-electron chi connectivity index (χ2n) is 3.72. The Morgan fingerprint density at radius 2 is 1.88 bits per heavy atom. The van der Waals surface area contributed by atoms with E-state index in [2.05, 4.69) is 41.4 Å². The summed E-state index contributed by atoms with van der Waals surface area (Å²) in [7, 11) is 0. The molecule has 1 aromatic heterocycles. The molecule has 0 spiro atoms. The molecule has 0 radical (unpaired) electrons. The number of rotatable bonds is 4. The first-order valence-corrected chi connectivity index (χ1v) is 6.17. The normalized spacial score (nSPS) is 10.9. The van der Waals surface area contributed by atoms with Crippen LogP contribution >= 0.6 is 11.6 Å². The third-order valence-electron chi connectivity index (χ3n) is 2.46. The number of benzene rings is 1. The van der Waals surface area contributed by atoms with Gasteiger partial charge >= 0.3 is 0 Å². The van der Waals surface area contributed by atoms with Crippen LogP contribution in [-0.2, 0) is 0 Å². The van der Waals surface area contributed by atoms with Crippen molar-refractivity contribution in [3.8, 4) is 11.3 Å². The molecule has 1 nitrogen and oxygen atoms in total. The molecule has 1 heterocycles. The van der Waals surface area contributed by atoms with Gasteiger partial charge in [-0.2, -0.15) is 0 Å². The summed E-state index contributed by atoms with van der Waals surface area (Å²) in [6, 6.07) is 14.3. The molecule has 1 aromatic carbocycles. The molecule has 0 unspecified atom stereocenters. The first-order valence-electron chi connectivity index (χ1n) is 5.64. The van der Waals surface area contributed by atoms with Crippen molar-refractivity contribution in [2.45, 2.75) is 6.42 Å². The lowest BCUT2D eigenvalue weighted by Gasteiger charge is -2.00. The van der Waals surface area contributed by atoms with Gasteiger partial charge in [0.2, 0.25) is 0 Å². The number of hydrogen-bond donors (Lipinski definition) is 0. The van der Waals surface area contributed by atoms with Crippen molar-refractivity contribution in [2.24, 2.45) is 0 Å². The van der Waals surface area contributed by atoms with E-state index in [1.807, 2.05) is 24.4 Å². The van der Waals surface area contributed by atoms with Gasteiger partial charge in [-0.05, 0) is 24.1 Å². The Labute approximate surface area is 107 Å². The van der Waals surface area contributed by atoms with E-state index in [9.17, 15) is 0 Å². The van der Waals surface area contributed by atoms with Crippen molar-refractivity contribution in [1.29, 1.82) is 0 Å². The summed E-state index contributed by atoms with van der Waals surface area (Å²) in [6.45, 7) is 0. The van der Waals surface area contributed by atoms with Crippen LogP contribution in [0.5, 0.6) is 0 Å². The first-order chi connectivity index (χ1) is 8.40. The van der Waals surface area contributed by atoms with Crippen LogP contribution in [0.15, 0.2) is 54.7 Å². The second-order valence-corrected chi connectivity index (χ2v) is 4.09. The maximum absolute atomic E-state index is 5.61. The largest absolute Gasteiger partial charge is 0.256 e. The zero-order chi connectivity index (χ0) is 11.9. The van der Waals surface area contributed by atoms with Gasteiger partial charge in [-0.25, -0.2) is 0 Å². The van der Waals surface area contributed by atoms with Crippen LogP contribution in [0.3, 0.4) is 0 Å². The Balaban J connectivity index is 2.13. The summed E-state index contributed by atoms with van der Waals surface area (Å²) in [5.74, 6) is 0.669. The predicted octanol–water partition coefficient (Wildman–Crippen LogP) is 4.39. The van der Waals surface area contributed by atoms with Crippen LogP contribution in [0.2, 0.25) is 0 Å². The number of hydrogen-bond acceptors (Lipinski definition) is 1. The van der Waals surface area contributed by atoms with E-state index in [0.29, 0.717) is 5.88 Å². The monoisotopic (exact) mass is 243 g/mol. The lowest BCUT2D eigenvalue weighted by atomic mass is 10.1. The minimum atomic E-state index is 0.669. The Kier molecular flexibility index (Phi) is 4.34. The fourth-order valence-corrected chi connectivity index (χ4v) is 1.71. The van der Waals surface area contributed by atoms with E-state index in [4.69, 9.17) is 11.6 Å². The fraction of sp³-hybridized carbons (Fsp3) is 0.133. The smallest absolute Gasteiger partial charge is 0.0701 e. The zero-order valence-corrected chi connectivity index (χ0v) is 10.3. The highest BCUT2D eigenvalue weighted by atomic mass is 35.5. The molecule has 86 valence electrons. The number of aromatic nitrogens is 1. The molecule has 0 saturated carbocycles. The van der Waals surface area contributed by atoms with Gasteiger partial charge in [-0.15, -0.1) is 11.6 Å². The van der Waals surface area contributed by atoms with E-state index in [-0.39, 0.29) is 0 Å². The van der Waals surface area contributed by atoms with Crippen molar-refractivity contribution in [3.63, 3.8) is 0 Å². The Bertz CT molecular complexity index is 474. The van der Waals surface area contributed by atoms with Gasteiger partial charge in [-0.1, -0.05) is 42.5 Å². The first kappa shape index (κ1) is 11.9. The molecule has 17 heavy (non-hydrogen) atoms. The van der Waals surface area contributed by atoms with Gasteiger partial charge in [-0.3, -0.25) is 4.98 Å². The molecule has 2 aromatic rings. The highest BCUT2D eigenvalue weighted by molar-refractivity contribution is 6.17. The molecule has 2 rings (SSSR count). The lowest BCUT2D eigenvalue weighted by Crippen LogP contribution is -1.81. The van der Waals surface area contributed by atoms with Crippen LogP contribution in [-0.4, -0.2) is 10.9 Å². The standard InChI is InChI=1S/C15H14ClN/c16-11-3-1-5-13-7-9-14(10-8-13)15-6-2-4-12-17-15/h1-2,4-10,12H,3,11H2. The molecular formula is C15H14ClN. The molecule has 0 N–H and O–H groups in total. The molecule has 0 aliphatic rings. The third kappa shape index (κ3) is 3.43. The van der Waals surface area contributed by atoms with Crippen LogP contribution in [0, 0.1) is 0 Å². The van der Waals surface area contributed by atoms with Gasteiger partial charge in [0, 0.05) is 17.6 Å². The molecule has 0 fully saturated rings. The Hall–Kier alpha value is -1.60. The number of pyridine rings is 1. The highest BCUT2D eigenvalue weighted by Gasteiger charge is 1.96. The van der Waals surface area contributed by atoms with Gasteiger partial charge < -0.3 is 0 Å². The Morgan fingerprint density at radius 1 is 1.06 bits per heavy atom. The van der Waals surface area contributed by atoms with Crippen molar-refractivity contribution in [2.75, 3.05) is 5.88 Å². The van der Waals surface area contributed by atoms with E-state index in [1.54, 1.807) is 0 Å². The summed E-state index contributed by atoms with van der Waals surface area (Å²) >= 11 is 5.61. The average molecular weight is 244 g/mol. The maximum Gasteiger partial charge on any atom is 0.0701 e. The molecule has 0 bridgehead atoms. The number of allylic oxidation sites excluding steroid dienone is 1. The second kappa shape index (κ2) is 6.21. The van der Waals surface area contributed by atoms with E-state index in [0.717, 1.165) is 17.7 Å². The fourth-order valence-electron chi connectivity index (χ4n) is 1.58. The molecule has 0 amide bonds. The summed E-state index contributed by atoms with van der Waals surface area (Å²) in [6.07, 6.45) is 6.89. The third-order valence-corrected chi connectivity index (χ3v) is 2.68. The summed E-state index contributed by atoms with van der Waals surface area (Å²) < 4.78 is 0. The van der Waals surface area contributed by atoms with Gasteiger partial charge in [0.05, 0.1) is 5.69 Å². The van der Waals surface area contributed by atoms with Gasteiger partial charge in [0.1, 0.15) is 0 Å². The quantitative estimate of drug-likeness (QED) is 0.726. The summed E-state index contributed by atoms with van der Waals surface area (Å²) in [5, 5.41) is 0. The topological polar surface area (TPSA) is 12.9 Å². The SMILES string of the molecule is ClCCC=Cc1ccc(-c2ccccn2)cc1. The average Bonchev–Trinajstić information content (AvgIpc) is 2.41. The minimum Gasteiger partial charge on any atom is -0.256 e. The van der Waals surface area contributed by atoms with E-state index in [1.165, 1.54) is 5.56 Å². The van der Waals surface area contributed by atoms with Crippen LogP contribution in [0.25, 0.3) is 17.3 Å². The lowest BCUT2D eigenvalue weighted by molar-refractivity contribution is 1.24. The van der Waals surface area contributed by atoms with E-state index < -0.39 is 0 Å². The summed E-state index contributed by atoms with van der Waals surface area (Å²) in [4.78, 5) is 4.32. The highest BCUT2D eigenvalue weighted by Crippen LogP contribution is 2.17. The zero-order valence-electron chi connectivity index (χ0n) is 9.51. The minimum absolute atomic E-state index is 0.669. The molecule has 0 aliphatic heterocycles. The van der Waals surface area contributed by atoms with Gasteiger partial charge in [0.15, 0.2) is 0 Å². The van der Waals surface area contributed by atoms with Crippen molar-refractivity contribution in [1.82, 2.24) is 4.98 Å².